The fraction of sp³-hybridized carbons (Fsp3) is 0.143. The zero-order valence-electron chi connectivity index (χ0n) is 11.9. The number of aryl methyl sites for hydroxylation is 2. The van der Waals surface area contributed by atoms with E-state index in [9.17, 15) is 9.18 Å². The summed E-state index contributed by atoms with van der Waals surface area (Å²) < 4.78 is 20.5. The summed E-state index contributed by atoms with van der Waals surface area (Å²) in [5, 5.41) is 14.1. The van der Waals surface area contributed by atoms with Crippen molar-refractivity contribution in [2.45, 2.75) is 6.92 Å². The predicted octanol–water partition coefficient (Wildman–Crippen LogP) is 2.17. The van der Waals surface area contributed by atoms with Gasteiger partial charge in [0, 0.05) is 7.05 Å². The van der Waals surface area contributed by atoms with Crippen LogP contribution < -0.4 is 5.32 Å². The van der Waals surface area contributed by atoms with Crippen molar-refractivity contribution < 1.29 is 13.6 Å². The fourth-order valence-electron chi connectivity index (χ4n) is 2.00. The van der Waals surface area contributed by atoms with Gasteiger partial charge in [-0.25, -0.2) is 4.39 Å². The van der Waals surface area contributed by atoms with Crippen molar-refractivity contribution in [3.05, 3.63) is 47.4 Å². The molecular formula is C14H12FN5O2. The predicted molar refractivity (Wildman–Crippen MR) is 75.6 cm³/mol. The quantitative estimate of drug-likeness (QED) is 0.801. The molecule has 8 heteroatoms. The smallest absolute Gasteiger partial charge is 0.322 e. The number of hydrogen-bond acceptors (Lipinski definition) is 5. The average Bonchev–Trinajstić information content (AvgIpc) is 3.05. The summed E-state index contributed by atoms with van der Waals surface area (Å²) >= 11 is 0. The molecular weight excluding hydrogens is 289 g/mol. The summed E-state index contributed by atoms with van der Waals surface area (Å²) in [6.45, 7) is 1.83. The first-order valence-electron chi connectivity index (χ1n) is 6.45. The molecule has 1 amide bonds. The van der Waals surface area contributed by atoms with Crippen LogP contribution in [0.4, 0.5) is 10.4 Å². The van der Waals surface area contributed by atoms with Crippen molar-refractivity contribution in [1.82, 2.24) is 20.0 Å². The normalized spacial score (nSPS) is 10.7. The average molecular weight is 301 g/mol. The van der Waals surface area contributed by atoms with Gasteiger partial charge in [0.05, 0.1) is 11.3 Å². The molecule has 7 nitrogen and oxygen atoms in total. The van der Waals surface area contributed by atoms with Gasteiger partial charge in [0.1, 0.15) is 11.5 Å². The molecule has 0 bridgehead atoms. The van der Waals surface area contributed by atoms with E-state index in [1.54, 1.807) is 23.9 Å². The number of hydrogen-bond donors (Lipinski definition) is 1. The van der Waals surface area contributed by atoms with Gasteiger partial charge in [-0.3, -0.25) is 14.8 Å². The Hall–Kier alpha value is -3.03. The first-order chi connectivity index (χ1) is 10.5. The summed E-state index contributed by atoms with van der Waals surface area (Å²) in [5.41, 5.74) is 1.32. The van der Waals surface area contributed by atoms with Crippen molar-refractivity contribution in [2.75, 3.05) is 5.32 Å². The maximum absolute atomic E-state index is 13.5. The Kier molecular flexibility index (Phi) is 3.42. The molecule has 0 aliphatic carbocycles. The number of benzene rings is 1. The first kappa shape index (κ1) is 13.9. The Morgan fingerprint density at radius 2 is 2.09 bits per heavy atom. The molecule has 22 heavy (non-hydrogen) atoms. The van der Waals surface area contributed by atoms with Gasteiger partial charge in [0.25, 0.3) is 11.8 Å². The highest BCUT2D eigenvalue weighted by Gasteiger charge is 2.17. The minimum absolute atomic E-state index is 0.0985. The lowest BCUT2D eigenvalue weighted by Gasteiger charge is -2.01. The third-order valence-corrected chi connectivity index (χ3v) is 2.99. The van der Waals surface area contributed by atoms with Crippen molar-refractivity contribution in [1.29, 1.82) is 0 Å². The molecule has 0 aliphatic heterocycles. The van der Waals surface area contributed by atoms with Crippen LogP contribution in [0.1, 0.15) is 16.1 Å². The molecule has 2 aromatic heterocycles. The Bertz CT molecular complexity index is 839. The second-order valence-corrected chi connectivity index (χ2v) is 4.64. The lowest BCUT2D eigenvalue weighted by Crippen LogP contribution is -2.13. The second kappa shape index (κ2) is 5.40. The molecule has 0 saturated heterocycles. The molecule has 0 atom stereocenters. The van der Waals surface area contributed by atoms with E-state index >= 15 is 0 Å². The summed E-state index contributed by atoms with van der Waals surface area (Å²) in [6.07, 6.45) is 0. The first-order valence-corrected chi connectivity index (χ1v) is 6.45. The molecule has 2 heterocycles. The lowest BCUT2D eigenvalue weighted by atomic mass is 10.2. The molecule has 3 rings (SSSR count). The van der Waals surface area contributed by atoms with Crippen molar-refractivity contribution in [3.63, 3.8) is 0 Å². The van der Waals surface area contributed by atoms with Gasteiger partial charge in [-0.05, 0) is 25.1 Å². The van der Waals surface area contributed by atoms with Crippen molar-refractivity contribution in [3.8, 4) is 11.6 Å². The summed E-state index contributed by atoms with van der Waals surface area (Å²) in [5.74, 6) is -1.07. The Balaban J connectivity index is 1.82. The Labute approximate surface area is 124 Å². The number of anilines is 1. The minimum Gasteiger partial charge on any atom is -0.401 e. The van der Waals surface area contributed by atoms with Gasteiger partial charge in [-0.2, -0.15) is 5.10 Å². The van der Waals surface area contributed by atoms with E-state index in [4.69, 9.17) is 4.42 Å². The van der Waals surface area contributed by atoms with Gasteiger partial charge in [0.15, 0.2) is 0 Å². The summed E-state index contributed by atoms with van der Waals surface area (Å²) in [7, 11) is 1.74. The number of carbonyl (C=O) groups excluding carboxylic acids is 1. The lowest BCUT2D eigenvalue weighted by molar-refractivity contribution is 0.102. The standard InChI is InChI=1S/C14H12FN5O2/c1-8-7-11(20(2)19-8)13-17-18-14(22-13)16-12(21)9-5-3-4-6-10(9)15/h3-7H,1-2H3,(H,16,18,21). The van der Waals surface area contributed by atoms with E-state index in [1.807, 2.05) is 6.92 Å². The van der Waals surface area contributed by atoms with E-state index in [-0.39, 0.29) is 17.5 Å². The van der Waals surface area contributed by atoms with Gasteiger partial charge in [0.2, 0.25) is 0 Å². The molecule has 1 aromatic carbocycles. The molecule has 0 saturated carbocycles. The molecule has 0 radical (unpaired) electrons. The number of aromatic nitrogens is 4. The van der Waals surface area contributed by atoms with Crippen molar-refractivity contribution >= 4 is 11.9 Å². The fourth-order valence-corrected chi connectivity index (χ4v) is 2.00. The van der Waals surface area contributed by atoms with Gasteiger partial charge in [-0.1, -0.05) is 17.2 Å². The molecule has 112 valence electrons. The maximum atomic E-state index is 13.5. The number of halogens is 1. The minimum atomic E-state index is -0.658. The molecule has 0 spiro atoms. The number of amides is 1. The van der Waals surface area contributed by atoms with Crippen LogP contribution in [0.15, 0.2) is 34.7 Å². The Morgan fingerprint density at radius 3 is 2.77 bits per heavy atom. The van der Waals surface area contributed by atoms with Crippen LogP contribution in [-0.2, 0) is 7.05 Å². The van der Waals surface area contributed by atoms with Crippen LogP contribution in [0.25, 0.3) is 11.6 Å². The van der Waals surface area contributed by atoms with Gasteiger partial charge >= 0.3 is 6.01 Å². The second-order valence-electron chi connectivity index (χ2n) is 4.64. The van der Waals surface area contributed by atoms with Crippen LogP contribution in [0.5, 0.6) is 0 Å². The molecule has 0 fully saturated rings. The largest absolute Gasteiger partial charge is 0.401 e. The molecule has 3 aromatic rings. The van der Waals surface area contributed by atoms with E-state index < -0.39 is 11.7 Å². The van der Waals surface area contributed by atoms with Gasteiger partial charge in [-0.15, -0.1) is 5.10 Å². The highest BCUT2D eigenvalue weighted by molar-refractivity contribution is 6.03. The van der Waals surface area contributed by atoms with Crippen LogP contribution >= 0.6 is 0 Å². The molecule has 0 unspecified atom stereocenters. The number of carbonyl (C=O) groups is 1. The topological polar surface area (TPSA) is 85.8 Å². The highest BCUT2D eigenvalue weighted by Crippen LogP contribution is 2.20. The van der Waals surface area contributed by atoms with E-state index in [2.05, 4.69) is 20.6 Å². The van der Waals surface area contributed by atoms with Crippen LogP contribution in [0.2, 0.25) is 0 Å². The van der Waals surface area contributed by atoms with E-state index in [0.29, 0.717) is 5.69 Å². The van der Waals surface area contributed by atoms with E-state index in [1.165, 1.54) is 18.2 Å². The third-order valence-electron chi connectivity index (χ3n) is 2.99. The summed E-state index contributed by atoms with van der Waals surface area (Å²) in [4.78, 5) is 12.0. The van der Waals surface area contributed by atoms with Crippen LogP contribution in [0.3, 0.4) is 0 Å². The number of nitrogens with one attached hydrogen (secondary N) is 1. The highest BCUT2D eigenvalue weighted by atomic mass is 19.1. The van der Waals surface area contributed by atoms with Crippen molar-refractivity contribution in [2.24, 2.45) is 7.05 Å². The van der Waals surface area contributed by atoms with Gasteiger partial charge < -0.3 is 4.42 Å². The zero-order valence-corrected chi connectivity index (χ0v) is 11.9. The summed E-state index contributed by atoms with van der Waals surface area (Å²) in [6, 6.07) is 7.30. The number of nitrogens with zero attached hydrogens (tertiary/aromatic N) is 4. The third kappa shape index (κ3) is 2.58. The van der Waals surface area contributed by atoms with Crippen LogP contribution in [-0.4, -0.2) is 25.9 Å². The zero-order chi connectivity index (χ0) is 15.7. The van der Waals surface area contributed by atoms with Crippen LogP contribution in [0, 0.1) is 12.7 Å². The Morgan fingerprint density at radius 1 is 1.32 bits per heavy atom. The molecule has 1 N–H and O–H groups in total. The van der Waals surface area contributed by atoms with E-state index in [0.717, 1.165) is 5.69 Å². The SMILES string of the molecule is Cc1cc(-c2nnc(NC(=O)c3ccccc3F)o2)n(C)n1. The molecule has 0 aliphatic rings. The maximum Gasteiger partial charge on any atom is 0.322 e. The number of rotatable bonds is 3. The monoisotopic (exact) mass is 301 g/mol.